The summed E-state index contributed by atoms with van der Waals surface area (Å²) in [5.41, 5.74) is 0.938. The first-order chi connectivity index (χ1) is 9.52. The maximum absolute atomic E-state index is 13.1. The van der Waals surface area contributed by atoms with E-state index in [4.69, 9.17) is 4.74 Å². The van der Waals surface area contributed by atoms with E-state index in [0.717, 1.165) is 23.8 Å². The van der Waals surface area contributed by atoms with E-state index in [0.29, 0.717) is 18.3 Å². The number of aromatic nitrogens is 1. The van der Waals surface area contributed by atoms with Crippen LogP contribution in [0.15, 0.2) is 36.7 Å². The first-order valence-electron chi connectivity index (χ1n) is 6.34. The fraction of sp³-hybridized carbons (Fsp3) is 0.267. The number of halogens is 2. The van der Waals surface area contributed by atoms with E-state index in [2.05, 4.69) is 10.3 Å². The molecule has 5 heteroatoms. The third-order valence-electron chi connectivity index (χ3n) is 2.56. The average molecular weight is 278 g/mol. The molecule has 2 rings (SSSR count). The highest BCUT2D eigenvalue weighted by molar-refractivity contribution is 5.32. The number of rotatable bonds is 5. The summed E-state index contributed by atoms with van der Waals surface area (Å²) in [5, 5.41) is 3.26. The minimum atomic E-state index is -0.675. The SMILES string of the molecule is CC(C)NCc1cncc(Oc2cc(F)cc(F)c2)c1. The standard InChI is InChI=1S/C15H16F2N2O/c1-10(2)19-8-11-3-15(9-18-7-11)20-14-5-12(16)4-13(17)6-14/h3-7,9-10,19H,8H2,1-2H3. The Labute approximate surface area is 116 Å². The molecule has 1 heterocycles. The Morgan fingerprint density at radius 2 is 1.75 bits per heavy atom. The highest BCUT2D eigenvalue weighted by atomic mass is 19.1. The quantitative estimate of drug-likeness (QED) is 0.906. The van der Waals surface area contributed by atoms with E-state index < -0.39 is 11.6 Å². The maximum Gasteiger partial charge on any atom is 0.146 e. The van der Waals surface area contributed by atoms with Crippen molar-refractivity contribution in [3.8, 4) is 11.5 Å². The molecule has 0 amide bonds. The minimum absolute atomic E-state index is 0.110. The lowest BCUT2D eigenvalue weighted by Gasteiger charge is -2.10. The number of pyridine rings is 1. The van der Waals surface area contributed by atoms with Crippen LogP contribution in [0.3, 0.4) is 0 Å². The van der Waals surface area contributed by atoms with E-state index in [9.17, 15) is 8.78 Å². The van der Waals surface area contributed by atoms with Crippen LogP contribution in [0, 0.1) is 11.6 Å². The van der Waals surface area contributed by atoms with Gasteiger partial charge in [0.2, 0.25) is 0 Å². The summed E-state index contributed by atoms with van der Waals surface area (Å²) in [6.45, 7) is 4.74. The Balaban J connectivity index is 2.11. The van der Waals surface area contributed by atoms with Gasteiger partial charge in [-0.1, -0.05) is 13.8 Å². The first-order valence-corrected chi connectivity index (χ1v) is 6.34. The molecule has 0 atom stereocenters. The third kappa shape index (κ3) is 4.28. The van der Waals surface area contributed by atoms with Gasteiger partial charge in [-0.15, -0.1) is 0 Å². The molecule has 3 nitrogen and oxygen atoms in total. The summed E-state index contributed by atoms with van der Waals surface area (Å²) in [6, 6.07) is 5.20. The smallest absolute Gasteiger partial charge is 0.146 e. The molecule has 0 aliphatic carbocycles. The Morgan fingerprint density at radius 1 is 1.05 bits per heavy atom. The molecule has 0 saturated heterocycles. The van der Waals surface area contributed by atoms with Crippen molar-refractivity contribution in [3.05, 3.63) is 53.9 Å². The number of benzene rings is 1. The van der Waals surface area contributed by atoms with Crippen molar-refractivity contribution in [2.45, 2.75) is 26.4 Å². The Kier molecular flexibility index (Phi) is 4.63. The van der Waals surface area contributed by atoms with Crippen LogP contribution in [0.1, 0.15) is 19.4 Å². The Morgan fingerprint density at radius 3 is 2.40 bits per heavy atom. The number of ether oxygens (including phenoxy) is 1. The van der Waals surface area contributed by atoms with Crippen molar-refractivity contribution < 1.29 is 13.5 Å². The van der Waals surface area contributed by atoms with E-state index in [-0.39, 0.29) is 5.75 Å². The topological polar surface area (TPSA) is 34.2 Å². The maximum atomic E-state index is 13.1. The molecule has 1 aromatic carbocycles. The van der Waals surface area contributed by atoms with E-state index in [1.54, 1.807) is 12.3 Å². The molecule has 1 aromatic heterocycles. The van der Waals surface area contributed by atoms with Crippen molar-refractivity contribution >= 4 is 0 Å². The highest BCUT2D eigenvalue weighted by Gasteiger charge is 2.04. The van der Waals surface area contributed by atoms with Crippen molar-refractivity contribution in [1.29, 1.82) is 0 Å². The van der Waals surface area contributed by atoms with Crippen LogP contribution in [-0.2, 0) is 6.54 Å². The monoisotopic (exact) mass is 278 g/mol. The summed E-state index contributed by atoms with van der Waals surface area (Å²) in [6.07, 6.45) is 3.22. The van der Waals surface area contributed by atoms with Crippen LogP contribution in [0.2, 0.25) is 0 Å². The number of nitrogens with zero attached hydrogens (tertiary/aromatic N) is 1. The number of hydrogen-bond donors (Lipinski definition) is 1. The Bertz CT molecular complexity index is 568. The van der Waals surface area contributed by atoms with E-state index in [1.807, 2.05) is 13.8 Å². The predicted molar refractivity (Wildman–Crippen MR) is 72.6 cm³/mol. The van der Waals surface area contributed by atoms with E-state index >= 15 is 0 Å². The van der Waals surface area contributed by atoms with Crippen LogP contribution in [0.25, 0.3) is 0 Å². The molecule has 1 N–H and O–H groups in total. The minimum Gasteiger partial charge on any atom is -0.456 e. The fourth-order valence-corrected chi connectivity index (χ4v) is 1.66. The van der Waals surface area contributed by atoms with Gasteiger partial charge in [-0.05, 0) is 11.6 Å². The van der Waals surface area contributed by atoms with Crippen LogP contribution in [-0.4, -0.2) is 11.0 Å². The molecule has 0 bridgehead atoms. The zero-order chi connectivity index (χ0) is 14.5. The van der Waals surface area contributed by atoms with Gasteiger partial charge in [0.1, 0.15) is 23.1 Å². The lowest BCUT2D eigenvalue weighted by molar-refractivity contribution is 0.465. The fourth-order valence-electron chi connectivity index (χ4n) is 1.66. The zero-order valence-corrected chi connectivity index (χ0v) is 11.4. The number of hydrogen-bond acceptors (Lipinski definition) is 3. The summed E-state index contributed by atoms with van der Waals surface area (Å²) in [5.74, 6) is -0.799. The Hall–Kier alpha value is -2.01. The molecule has 0 unspecified atom stereocenters. The zero-order valence-electron chi connectivity index (χ0n) is 11.4. The molecule has 0 aliphatic rings. The van der Waals surface area contributed by atoms with Gasteiger partial charge < -0.3 is 10.1 Å². The summed E-state index contributed by atoms with van der Waals surface area (Å²) >= 11 is 0. The van der Waals surface area contributed by atoms with Crippen molar-refractivity contribution in [2.24, 2.45) is 0 Å². The van der Waals surface area contributed by atoms with Gasteiger partial charge in [-0.3, -0.25) is 4.98 Å². The highest BCUT2D eigenvalue weighted by Crippen LogP contribution is 2.23. The molecule has 106 valence electrons. The van der Waals surface area contributed by atoms with Gasteiger partial charge in [0.15, 0.2) is 0 Å². The predicted octanol–water partition coefficient (Wildman–Crippen LogP) is 3.65. The molecular weight excluding hydrogens is 262 g/mol. The average Bonchev–Trinajstić information content (AvgIpc) is 2.35. The third-order valence-corrected chi connectivity index (χ3v) is 2.56. The molecule has 20 heavy (non-hydrogen) atoms. The molecule has 0 saturated carbocycles. The molecule has 0 aliphatic heterocycles. The molecule has 2 aromatic rings. The summed E-state index contributed by atoms with van der Waals surface area (Å²) in [7, 11) is 0. The second-order valence-electron chi connectivity index (χ2n) is 4.77. The van der Waals surface area contributed by atoms with Crippen LogP contribution < -0.4 is 10.1 Å². The van der Waals surface area contributed by atoms with Crippen molar-refractivity contribution in [1.82, 2.24) is 10.3 Å². The van der Waals surface area contributed by atoms with E-state index in [1.165, 1.54) is 6.20 Å². The van der Waals surface area contributed by atoms with Crippen molar-refractivity contribution in [3.63, 3.8) is 0 Å². The van der Waals surface area contributed by atoms with Gasteiger partial charge in [0.25, 0.3) is 0 Å². The van der Waals surface area contributed by atoms with Gasteiger partial charge >= 0.3 is 0 Å². The molecular formula is C15H16F2N2O. The van der Waals surface area contributed by atoms with Crippen LogP contribution in [0.4, 0.5) is 8.78 Å². The molecule has 0 spiro atoms. The van der Waals surface area contributed by atoms with Gasteiger partial charge in [-0.2, -0.15) is 0 Å². The second-order valence-corrected chi connectivity index (χ2v) is 4.77. The van der Waals surface area contributed by atoms with Crippen LogP contribution >= 0.6 is 0 Å². The van der Waals surface area contributed by atoms with Crippen LogP contribution in [0.5, 0.6) is 11.5 Å². The first kappa shape index (κ1) is 14.4. The van der Waals surface area contributed by atoms with Crippen molar-refractivity contribution in [2.75, 3.05) is 0 Å². The number of nitrogens with one attached hydrogen (secondary N) is 1. The second kappa shape index (κ2) is 6.43. The largest absolute Gasteiger partial charge is 0.456 e. The summed E-state index contributed by atoms with van der Waals surface area (Å²) < 4.78 is 31.6. The van der Waals surface area contributed by atoms with Gasteiger partial charge in [0.05, 0.1) is 6.20 Å². The lowest BCUT2D eigenvalue weighted by atomic mass is 10.2. The molecule has 0 radical (unpaired) electrons. The normalized spacial score (nSPS) is 10.8. The van der Waals surface area contributed by atoms with Gasteiger partial charge in [0, 0.05) is 37.0 Å². The summed E-state index contributed by atoms with van der Waals surface area (Å²) in [4.78, 5) is 4.05. The van der Waals surface area contributed by atoms with Gasteiger partial charge in [-0.25, -0.2) is 8.78 Å². The molecule has 0 fully saturated rings. The lowest BCUT2D eigenvalue weighted by Crippen LogP contribution is -2.21.